The summed E-state index contributed by atoms with van der Waals surface area (Å²) in [6.45, 7) is 0. The lowest BCUT2D eigenvalue weighted by Crippen LogP contribution is -2.42. The summed E-state index contributed by atoms with van der Waals surface area (Å²) in [7, 11) is 0. The van der Waals surface area contributed by atoms with Crippen LogP contribution in [0.2, 0.25) is 10.0 Å². The number of halogens is 2. The number of aromatic nitrogens is 3. The van der Waals surface area contributed by atoms with Crippen molar-refractivity contribution < 1.29 is 9.59 Å². The first-order valence-electron chi connectivity index (χ1n) is 6.00. The van der Waals surface area contributed by atoms with E-state index in [1.807, 2.05) is 0 Å². The topological polar surface area (TPSA) is 88.9 Å². The fourth-order valence-electron chi connectivity index (χ4n) is 1.96. The molecular weight excluding hydrogens is 317 g/mol. The highest BCUT2D eigenvalue weighted by Gasteiger charge is 2.30. The molecule has 0 saturated heterocycles. The number of carbonyl (C=O) groups excluding carboxylic acids is 2. The van der Waals surface area contributed by atoms with Crippen molar-refractivity contribution >= 4 is 46.7 Å². The Bertz CT molecular complexity index is 730. The van der Waals surface area contributed by atoms with E-state index in [1.54, 1.807) is 12.1 Å². The maximum absolute atomic E-state index is 12.2. The molecule has 1 aliphatic rings. The highest BCUT2D eigenvalue weighted by atomic mass is 35.5. The van der Waals surface area contributed by atoms with Crippen LogP contribution >= 0.6 is 23.2 Å². The number of benzene rings is 1. The minimum Gasteiger partial charge on any atom is -0.342 e. The van der Waals surface area contributed by atoms with Crippen LogP contribution in [0.5, 0.6) is 0 Å². The van der Waals surface area contributed by atoms with Gasteiger partial charge in [-0.05, 0) is 18.2 Å². The zero-order valence-corrected chi connectivity index (χ0v) is 12.0. The average molecular weight is 326 g/mol. The molecule has 2 heterocycles. The third-order valence-electron chi connectivity index (χ3n) is 2.97. The number of anilines is 2. The average Bonchev–Trinajstić information content (AvgIpc) is 2.90. The third-order valence-corrected chi connectivity index (χ3v) is 3.52. The molecule has 0 fully saturated rings. The summed E-state index contributed by atoms with van der Waals surface area (Å²) in [6, 6.07) is 3.99. The summed E-state index contributed by atoms with van der Waals surface area (Å²) in [6.07, 6.45) is 1.23. The predicted molar refractivity (Wildman–Crippen MR) is 77.8 cm³/mol. The molecule has 0 aliphatic carbocycles. The number of nitrogens with zero attached hydrogens (tertiary/aromatic N) is 3. The standard InChI is InChI=1S/C12H9Cl2N5O2/c13-6-1-2-8(7(14)3-6)17-11(21)9-4-10(20)19-12(18-9)15-5-16-19/h1-3,5,9H,4H2,(H,17,21)(H,15,16,18)/t9-/m0/s1. The molecule has 2 aromatic rings. The Morgan fingerprint density at radius 1 is 1.43 bits per heavy atom. The van der Waals surface area contributed by atoms with Crippen molar-refractivity contribution in [1.29, 1.82) is 0 Å². The SMILES string of the molecule is O=C(Nc1ccc(Cl)cc1Cl)[C@@H]1CC(=O)n2ncnc2N1. The van der Waals surface area contributed by atoms with Crippen molar-refractivity contribution in [3.8, 4) is 0 Å². The maximum atomic E-state index is 12.2. The molecular formula is C12H9Cl2N5O2. The number of carbonyl (C=O) groups is 2. The highest BCUT2D eigenvalue weighted by Crippen LogP contribution is 2.26. The van der Waals surface area contributed by atoms with Gasteiger partial charge in [0.2, 0.25) is 11.9 Å². The molecule has 1 aromatic heterocycles. The van der Waals surface area contributed by atoms with Gasteiger partial charge in [0, 0.05) is 5.02 Å². The summed E-state index contributed by atoms with van der Waals surface area (Å²) in [5, 5.41) is 10.0. The van der Waals surface area contributed by atoms with E-state index in [0.717, 1.165) is 4.68 Å². The van der Waals surface area contributed by atoms with Crippen molar-refractivity contribution in [2.45, 2.75) is 12.5 Å². The molecule has 3 rings (SSSR count). The molecule has 21 heavy (non-hydrogen) atoms. The molecule has 2 N–H and O–H groups in total. The van der Waals surface area contributed by atoms with Crippen LogP contribution in [0.25, 0.3) is 0 Å². The summed E-state index contributed by atoms with van der Waals surface area (Å²) < 4.78 is 1.12. The molecule has 0 radical (unpaired) electrons. The minimum atomic E-state index is -0.735. The quantitative estimate of drug-likeness (QED) is 0.882. The first-order chi connectivity index (χ1) is 10.0. The van der Waals surface area contributed by atoms with Crippen molar-refractivity contribution in [2.24, 2.45) is 0 Å². The van der Waals surface area contributed by atoms with Crippen molar-refractivity contribution in [1.82, 2.24) is 14.8 Å². The van der Waals surface area contributed by atoms with Crippen LogP contribution in [-0.2, 0) is 4.79 Å². The van der Waals surface area contributed by atoms with E-state index in [0.29, 0.717) is 15.7 Å². The van der Waals surface area contributed by atoms with Gasteiger partial charge in [-0.1, -0.05) is 23.2 Å². The van der Waals surface area contributed by atoms with Crippen LogP contribution in [0.4, 0.5) is 11.6 Å². The van der Waals surface area contributed by atoms with Crippen molar-refractivity contribution in [3.63, 3.8) is 0 Å². The van der Waals surface area contributed by atoms with E-state index < -0.39 is 6.04 Å². The molecule has 1 atom stereocenters. The molecule has 108 valence electrons. The van der Waals surface area contributed by atoms with E-state index in [2.05, 4.69) is 20.7 Å². The Balaban J connectivity index is 1.76. The summed E-state index contributed by atoms with van der Waals surface area (Å²) in [5.41, 5.74) is 0.423. The predicted octanol–water partition coefficient (Wildman–Crippen LogP) is 2.05. The first kappa shape index (κ1) is 13.8. The number of rotatable bonds is 2. The Kier molecular flexibility index (Phi) is 3.52. The van der Waals surface area contributed by atoms with E-state index in [-0.39, 0.29) is 24.2 Å². The lowest BCUT2D eigenvalue weighted by molar-refractivity contribution is -0.117. The number of hydrogen-bond acceptors (Lipinski definition) is 5. The minimum absolute atomic E-state index is 0.0204. The lowest BCUT2D eigenvalue weighted by Gasteiger charge is -2.22. The van der Waals surface area contributed by atoms with Gasteiger partial charge in [0.05, 0.1) is 17.1 Å². The maximum Gasteiger partial charge on any atom is 0.252 e. The fourth-order valence-corrected chi connectivity index (χ4v) is 2.42. The second-order valence-corrected chi connectivity index (χ2v) is 5.25. The fraction of sp³-hybridized carbons (Fsp3) is 0.167. The Labute approximate surface area is 129 Å². The normalized spacial score (nSPS) is 17.0. The van der Waals surface area contributed by atoms with Crippen LogP contribution in [0, 0.1) is 0 Å². The van der Waals surface area contributed by atoms with E-state index in [1.165, 1.54) is 12.4 Å². The van der Waals surface area contributed by atoms with Crippen molar-refractivity contribution in [3.05, 3.63) is 34.6 Å². The molecule has 1 aliphatic heterocycles. The molecule has 0 bridgehead atoms. The third kappa shape index (κ3) is 2.70. The first-order valence-corrected chi connectivity index (χ1v) is 6.76. The number of amides is 1. The highest BCUT2D eigenvalue weighted by molar-refractivity contribution is 6.36. The molecule has 0 spiro atoms. The summed E-state index contributed by atoms with van der Waals surface area (Å²) in [5.74, 6) is -0.445. The second kappa shape index (κ2) is 5.34. The zero-order chi connectivity index (χ0) is 15.0. The Morgan fingerprint density at radius 2 is 2.24 bits per heavy atom. The van der Waals surface area contributed by atoms with Gasteiger partial charge in [-0.2, -0.15) is 14.8 Å². The van der Waals surface area contributed by atoms with Gasteiger partial charge >= 0.3 is 0 Å². The monoisotopic (exact) mass is 325 g/mol. The molecule has 9 heteroatoms. The summed E-state index contributed by atoms with van der Waals surface area (Å²) >= 11 is 11.8. The van der Waals surface area contributed by atoms with Crippen LogP contribution in [0.1, 0.15) is 11.2 Å². The van der Waals surface area contributed by atoms with Gasteiger partial charge in [0.25, 0.3) is 5.91 Å². The van der Waals surface area contributed by atoms with Crippen LogP contribution < -0.4 is 10.6 Å². The number of hydrogen-bond donors (Lipinski definition) is 2. The van der Waals surface area contributed by atoms with Crippen LogP contribution in [-0.4, -0.2) is 32.6 Å². The lowest BCUT2D eigenvalue weighted by atomic mass is 10.1. The Hall–Kier alpha value is -2.12. The van der Waals surface area contributed by atoms with Gasteiger partial charge in [-0.15, -0.1) is 0 Å². The van der Waals surface area contributed by atoms with Gasteiger partial charge in [0.1, 0.15) is 12.4 Å². The molecule has 1 aromatic carbocycles. The van der Waals surface area contributed by atoms with Crippen molar-refractivity contribution in [2.75, 3.05) is 10.6 Å². The zero-order valence-electron chi connectivity index (χ0n) is 10.5. The Morgan fingerprint density at radius 3 is 3.00 bits per heavy atom. The van der Waals surface area contributed by atoms with Gasteiger partial charge in [0.15, 0.2) is 0 Å². The number of nitrogens with one attached hydrogen (secondary N) is 2. The van der Waals surface area contributed by atoms with Crippen LogP contribution in [0.3, 0.4) is 0 Å². The molecule has 1 amide bonds. The van der Waals surface area contributed by atoms with E-state index in [9.17, 15) is 9.59 Å². The number of fused-ring (bicyclic) bond motifs is 1. The largest absolute Gasteiger partial charge is 0.342 e. The summed E-state index contributed by atoms with van der Waals surface area (Å²) in [4.78, 5) is 27.9. The van der Waals surface area contributed by atoms with Crippen LogP contribution in [0.15, 0.2) is 24.5 Å². The second-order valence-electron chi connectivity index (χ2n) is 4.40. The van der Waals surface area contributed by atoms with Gasteiger partial charge in [-0.25, -0.2) is 0 Å². The molecule has 7 nitrogen and oxygen atoms in total. The van der Waals surface area contributed by atoms with E-state index >= 15 is 0 Å². The molecule has 0 saturated carbocycles. The van der Waals surface area contributed by atoms with Gasteiger partial charge in [-0.3, -0.25) is 9.59 Å². The molecule has 0 unspecified atom stereocenters. The van der Waals surface area contributed by atoms with Gasteiger partial charge < -0.3 is 10.6 Å². The van der Waals surface area contributed by atoms with E-state index in [4.69, 9.17) is 23.2 Å². The smallest absolute Gasteiger partial charge is 0.252 e.